The Labute approximate surface area is 116 Å². The molecule has 1 N–H and O–H groups in total. The summed E-state index contributed by atoms with van der Waals surface area (Å²) in [4.78, 5) is 4.22. The third-order valence-electron chi connectivity index (χ3n) is 3.81. The molecule has 1 aromatic rings. The van der Waals surface area contributed by atoms with E-state index < -0.39 is 11.5 Å². The van der Waals surface area contributed by atoms with Gasteiger partial charge < -0.3 is 5.11 Å². The van der Waals surface area contributed by atoms with Crippen molar-refractivity contribution in [3.05, 3.63) is 28.5 Å². The molecule has 0 bridgehead atoms. The molecule has 1 aromatic heterocycles. The summed E-state index contributed by atoms with van der Waals surface area (Å²) in [5.41, 5.74) is -0.0766. The number of nitriles is 1. The van der Waals surface area contributed by atoms with Crippen LogP contribution < -0.4 is 0 Å². The van der Waals surface area contributed by atoms with Crippen molar-refractivity contribution in [2.45, 2.75) is 38.7 Å². The summed E-state index contributed by atoms with van der Waals surface area (Å²) >= 11 is 3.32. The Balaban J connectivity index is 2.27. The number of aromatic nitrogens is 1. The van der Waals surface area contributed by atoms with Gasteiger partial charge in [-0.1, -0.05) is 19.8 Å². The lowest BCUT2D eigenvalue weighted by molar-refractivity contribution is 0.0190. The Morgan fingerprint density at radius 2 is 2.39 bits per heavy atom. The highest BCUT2D eigenvalue weighted by Gasteiger charge is 2.42. The van der Waals surface area contributed by atoms with Crippen LogP contribution in [0.3, 0.4) is 0 Å². The van der Waals surface area contributed by atoms with Crippen molar-refractivity contribution in [2.24, 2.45) is 11.3 Å². The molecule has 0 aromatic carbocycles. The fourth-order valence-electron chi connectivity index (χ4n) is 2.84. The van der Waals surface area contributed by atoms with E-state index in [1.807, 2.05) is 6.07 Å². The van der Waals surface area contributed by atoms with Crippen LogP contribution in [0.15, 0.2) is 22.8 Å². The normalized spacial score (nSPS) is 29.6. The molecule has 0 aliphatic heterocycles. The molecule has 3 nitrogen and oxygen atoms in total. The maximum Gasteiger partial charge on any atom is 0.114 e. The van der Waals surface area contributed by atoms with Crippen LogP contribution in [0.5, 0.6) is 0 Å². The third-order valence-corrected chi connectivity index (χ3v) is 4.28. The SMILES string of the molecule is CC1CCCC(C#N)(C(O)c2ccc(Br)cn2)C1. The van der Waals surface area contributed by atoms with Crippen molar-refractivity contribution < 1.29 is 5.11 Å². The first kappa shape index (κ1) is 13.5. The molecule has 2 rings (SSSR count). The molecular weight excluding hydrogens is 292 g/mol. The van der Waals surface area contributed by atoms with E-state index in [0.717, 1.165) is 30.2 Å². The Bertz CT molecular complexity index is 454. The van der Waals surface area contributed by atoms with Gasteiger partial charge in [-0.2, -0.15) is 5.26 Å². The van der Waals surface area contributed by atoms with Crippen LogP contribution in [0.25, 0.3) is 0 Å². The lowest BCUT2D eigenvalue weighted by Crippen LogP contribution is -2.33. The van der Waals surface area contributed by atoms with Crippen LogP contribution in [0.4, 0.5) is 0 Å². The van der Waals surface area contributed by atoms with Gasteiger partial charge in [0.05, 0.1) is 17.2 Å². The van der Waals surface area contributed by atoms with Gasteiger partial charge in [0.25, 0.3) is 0 Å². The molecule has 96 valence electrons. The lowest BCUT2D eigenvalue weighted by Gasteiger charge is -2.37. The van der Waals surface area contributed by atoms with E-state index in [2.05, 4.69) is 33.9 Å². The van der Waals surface area contributed by atoms with Crippen LogP contribution in [0.2, 0.25) is 0 Å². The maximum absolute atomic E-state index is 10.5. The van der Waals surface area contributed by atoms with Gasteiger partial charge in [-0.15, -0.1) is 0 Å². The summed E-state index contributed by atoms with van der Waals surface area (Å²) < 4.78 is 0.876. The van der Waals surface area contributed by atoms with E-state index in [0.29, 0.717) is 11.6 Å². The molecular formula is C14H17BrN2O. The first-order chi connectivity index (χ1) is 8.57. The van der Waals surface area contributed by atoms with Gasteiger partial charge in [0.1, 0.15) is 6.10 Å². The van der Waals surface area contributed by atoms with Crippen molar-refractivity contribution in [1.29, 1.82) is 5.26 Å². The van der Waals surface area contributed by atoms with E-state index >= 15 is 0 Å². The van der Waals surface area contributed by atoms with Crippen LogP contribution in [-0.2, 0) is 0 Å². The molecule has 3 atom stereocenters. The van der Waals surface area contributed by atoms with Crippen molar-refractivity contribution in [2.75, 3.05) is 0 Å². The van der Waals surface area contributed by atoms with E-state index in [1.165, 1.54) is 0 Å². The lowest BCUT2D eigenvalue weighted by atomic mass is 9.67. The quantitative estimate of drug-likeness (QED) is 0.908. The number of nitrogens with zero attached hydrogens (tertiary/aromatic N) is 2. The molecule has 0 spiro atoms. The zero-order chi connectivity index (χ0) is 13.2. The van der Waals surface area contributed by atoms with Crippen LogP contribution in [0, 0.1) is 22.7 Å². The van der Waals surface area contributed by atoms with E-state index in [9.17, 15) is 10.4 Å². The predicted octanol–water partition coefficient (Wildman–Crippen LogP) is 3.60. The van der Waals surface area contributed by atoms with Crippen LogP contribution in [0.1, 0.15) is 44.4 Å². The fourth-order valence-corrected chi connectivity index (χ4v) is 3.07. The molecule has 0 radical (unpaired) electrons. The Morgan fingerprint density at radius 3 is 2.94 bits per heavy atom. The molecule has 0 amide bonds. The Kier molecular flexibility index (Phi) is 4.04. The summed E-state index contributed by atoms with van der Waals surface area (Å²) in [6, 6.07) is 5.99. The minimum Gasteiger partial charge on any atom is -0.385 e. The third kappa shape index (κ3) is 2.57. The van der Waals surface area contributed by atoms with Gasteiger partial charge in [0.15, 0.2) is 0 Å². The summed E-state index contributed by atoms with van der Waals surface area (Å²) in [6.45, 7) is 2.15. The highest BCUT2D eigenvalue weighted by Crippen LogP contribution is 2.47. The number of aliphatic hydroxyl groups excluding tert-OH is 1. The number of rotatable bonds is 2. The Hall–Kier alpha value is -0.920. The number of aliphatic hydroxyl groups is 1. The molecule has 1 aliphatic rings. The van der Waals surface area contributed by atoms with Gasteiger partial charge in [-0.05, 0) is 46.8 Å². The minimum atomic E-state index is -0.793. The smallest absolute Gasteiger partial charge is 0.114 e. The first-order valence-electron chi connectivity index (χ1n) is 6.28. The van der Waals surface area contributed by atoms with Gasteiger partial charge >= 0.3 is 0 Å². The number of hydrogen-bond donors (Lipinski definition) is 1. The number of hydrogen-bond acceptors (Lipinski definition) is 3. The second-order valence-corrected chi connectivity index (χ2v) is 6.19. The largest absolute Gasteiger partial charge is 0.385 e. The van der Waals surface area contributed by atoms with Crippen molar-refractivity contribution in [1.82, 2.24) is 4.98 Å². The van der Waals surface area contributed by atoms with Gasteiger partial charge in [-0.25, -0.2) is 0 Å². The molecule has 4 heteroatoms. The zero-order valence-electron chi connectivity index (χ0n) is 10.4. The fraction of sp³-hybridized carbons (Fsp3) is 0.571. The second-order valence-electron chi connectivity index (χ2n) is 5.27. The van der Waals surface area contributed by atoms with E-state index in [4.69, 9.17) is 0 Å². The van der Waals surface area contributed by atoms with Gasteiger partial charge in [-0.3, -0.25) is 4.98 Å². The van der Waals surface area contributed by atoms with Gasteiger partial charge in [0, 0.05) is 10.7 Å². The summed E-state index contributed by atoms with van der Waals surface area (Å²) in [5, 5.41) is 20.0. The molecule has 3 unspecified atom stereocenters. The van der Waals surface area contributed by atoms with E-state index in [1.54, 1.807) is 12.3 Å². The van der Waals surface area contributed by atoms with Crippen LogP contribution >= 0.6 is 15.9 Å². The first-order valence-corrected chi connectivity index (χ1v) is 7.07. The molecule has 0 saturated heterocycles. The number of pyridine rings is 1. The van der Waals surface area contributed by atoms with Crippen LogP contribution in [-0.4, -0.2) is 10.1 Å². The molecule has 1 heterocycles. The summed E-state index contributed by atoms with van der Waals surface area (Å²) in [5.74, 6) is 0.489. The molecule has 1 aliphatic carbocycles. The zero-order valence-corrected chi connectivity index (χ0v) is 12.0. The van der Waals surface area contributed by atoms with Crippen molar-refractivity contribution in [3.8, 4) is 6.07 Å². The topological polar surface area (TPSA) is 56.9 Å². The average molecular weight is 309 g/mol. The minimum absolute atomic E-state index is 0.489. The van der Waals surface area contributed by atoms with E-state index in [-0.39, 0.29) is 0 Å². The van der Waals surface area contributed by atoms with Crippen molar-refractivity contribution in [3.63, 3.8) is 0 Å². The highest BCUT2D eigenvalue weighted by molar-refractivity contribution is 9.10. The summed E-state index contributed by atoms with van der Waals surface area (Å²) in [6.07, 6.45) is 4.52. The average Bonchev–Trinajstić information content (AvgIpc) is 2.38. The predicted molar refractivity (Wildman–Crippen MR) is 72.6 cm³/mol. The van der Waals surface area contributed by atoms with Gasteiger partial charge in [0.2, 0.25) is 0 Å². The second kappa shape index (κ2) is 5.38. The maximum atomic E-state index is 10.5. The summed E-state index contributed by atoms with van der Waals surface area (Å²) in [7, 11) is 0. The molecule has 1 fully saturated rings. The Morgan fingerprint density at radius 1 is 1.61 bits per heavy atom. The molecule has 18 heavy (non-hydrogen) atoms. The van der Waals surface area contributed by atoms with Crippen molar-refractivity contribution >= 4 is 15.9 Å². The number of halogens is 1. The monoisotopic (exact) mass is 308 g/mol. The highest BCUT2D eigenvalue weighted by atomic mass is 79.9. The standard InChI is InChI=1S/C14H17BrN2O/c1-10-3-2-6-14(7-10,9-16)13(18)12-5-4-11(15)8-17-12/h4-5,8,10,13,18H,2-3,6-7H2,1H3. The molecule has 1 saturated carbocycles.